The number of carbonyl (C=O) groups is 3. The molecule has 0 unspecified atom stereocenters. The van der Waals surface area contributed by atoms with E-state index >= 15 is 0 Å². The van der Waals surface area contributed by atoms with Gasteiger partial charge in [0.25, 0.3) is 11.8 Å². The van der Waals surface area contributed by atoms with Crippen LogP contribution in [-0.2, 0) is 20.6 Å². The molecular weight excluding hydrogens is 477 g/mol. The largest absolute Gasteiger partial charge is 0.497 e. The standard InChI is InChI=1S/C22H15F3N2O4S2/c1-31-15-7-5-12(6-8-15)9-17-20(30)27(21(32)33-17)16-11-18(28)26(19(16)29)14-4-2-3-13(10-14)22(23,24)25/h2-10,16H,11H2,1H3/b17-9-/t16-/m1/s1. The number of benzene rings is 2. The van der Waals surface area contributed by atoms with Crippen LogP contribution in [0.1, 0.15) is 17.5 Å². The molecule has 33 heavy (non-hydrogen) atoms. The van der Waals surface area contributed by atoms with Crippen LogP contribution in [0.2, 0.25) is 0 Å². The highest BCUT2D eigenvalue weighted by Crippen LogP contribution is 2.38. The first kappa shape index (κ1) is 23.0. The summed E-state index contributed by atoms with van der Waals surface area (Å²) in [7, 11) is 1.53. The Morgan fingerprint density at radius 3 is 2.45 bits per heavy atom. The van der Waals surface area contributed by atoms with Gasteiger partial charge in [-0.25, -0.2) is 4.90 Å². The summed E-state index contributed by atoms with van der Waals surface area (Å²) >= 11 is 6.27. The monoisotopic (exact) mass is 492 g/mol. The number of amides is 3. The van der Waals surface area contributed by atoms with Crippen LogP contribution in [0.5, 0.6) is 5.75 Å². The van der Waals surface area contributed by atoms with E-state index in [0.29, 0.717) is 16.2 Å². The molecule has 0 aliphatic carbocycles. The number of anilines is 1. The van der Waals surface area contributed by atoms with Crippen molar-refractivity contribution in [2.24, 2.45) is 0 Å². The van der Waals surface area contributed by atoms with Crippen LogP contribution in [0, 0.1) is 0 Å². The highest BCUT2D eigenvalue weighted by Gasteiger charge is 2.49. The Hall–Kier alpha value is -3.18. The maximum absolute atomic E-state index is 13.1. The van der Waals surface area contributed by atoms with E-state index in [4.69, 9.17) is 17.0 Å². The molecule has 170 valence electrons. The van der Waals surface area contributed by atoms with E-state index in [2.05, 4.69) is 0 Å². The number of alkyl halides is 3. The molecule has 6 nitrogen and oxygen atoms in total. The van der Waals surface area contributed by atoms with Crippen molar-refractivity contribution in [3.63, 3.8) is 0 Å². The van der Waals surface area contributed by atoms with Crippen molar-refractivity contribution >= 4 is 57.8 Å². The summed E-state index contributed by atoms with van der Waals surface area (Å²) in [6.07, 6.45) is -3.41. The van der Waals surface area contributed by atoms with Gasteiger partial charge in [0.2, 0.25) is 5.91 Å². The average Bonchev–Trinajstić information content (AvgIpc) is 3.21. The van der Waals surface area contributed by atoms with E-state index in [1.807, 2.05) is 0 Å². The van der Waals surface area contributed by atoms with Crippen LogP contribution in [-0.4, -0.2) is 40.1 Å². The van der Waals surface area contributed by atoms with E-state index in [1.54, 1.807) is 30.3 Å². The Labute approximate surface area is 196 Å². The maximum atomic E-state index is 13.1. The number of carbonyl (C=O) groups excluding carboxylic acids is 3. The minimum Gasteiger partial charge on any atom is -0.497 e. The molecule has 4 rings (SSSR count). The van der Waals surface area contributed by atoms with Gasteiger partial charge in [-0.2, -0.15) is 13.2 Å². The minimum atomic E-state index is -4.63. The second kappa shape index (κ2) is 8.64. The van der Waals surface area contributed by atoms with Crippen LogP contribution in [0.3, 0.4) is 0 Å². The molecule has 0 radical (unpaired) electrons. The van der Waals surface area contributed by atoms with E-state index < -0.39 is 35.5 Å². The van der Waals surface area contributed by atoms with Crippen molar-refractivity contribution < 1.29 is 32.3 Å². The van der Waals surface area contributed by atoms with Crippen LogP contribution in [0.15, 0.2) is 53.4 Å². The fourth-order valence-corrected chi connectivity index (χ4v) is 4.87. The highest BCUT2D eigenvalue weighted by molar-refractivity contribution is 8.26. The molecule has 1 atom stereocenters. The van der Waals surface area contributed by atoms with Crippen molar-refractivity contribution in [3.8, 4) is 5.75 Å². The van der Waals surface area contributed by atoms with Crippen LogP contribution < -0.4 is 9.64 Å². The lowest BCUT2D eigenvalue weighted by Crippen LogP contribution is -2.44. The molecular formula is C22H15F3N2O4S2. The van der Waals surface area contributed by atoms with Gasteiger partial charge in [0, 0.05) is 0 Å². The van der Waals surface area contributed by atoms with E-state index in [9.17, 15) is 27.6 Å². The third-order valence-electron chi connectivity index (χ3n) is 5.10. The summed E-state index contributed by atoms with van der Waals surface area (Å²) in [5, 5.41) is 0. The number of ether oxygens (including phenoxy) is 1. The summed E-state index contributed by atoms with van der Waals surface area (Å²) < 4.78 is 44.4. The molecule has 11 heteroatoms. The zero-order valence-electron chi connectivity index (χ0n) is 17.0. The van der Waals surface area contributed by atoms with Gasteiger partial charge < -0.3 is 4.74 Å². The number of thiocarbonyl (C=S) groups is 1. The van der Waals surface area contributed by atoms with E-state index in [-0.39, 0.29) is 21.3 Å². The normalized spacial score (nSPS) is 20.4. The molecule has 2 saturated heterocycles. The van der Waals surface area contributed by atoms with Crippen molar-refractivity contribution in [2.45, 2.75) is 18.6 Å². The molecule has 0 spiro atoms. The zero-order valence-corrected chi connectivity index (χ0v) is 18.6. The minimum absolute atomic E-state index is 0.0943. The summed E-state index contributed by atoms with van der Waals surface area (Å²) in [5.41, 5.74) is -0.491. The van der Waals surface area contributed by atoms with Crippen molar-refractivity contribution in [1.29, 1.82) is 0 Å². The summed E-state index contributed by atoms with van der Waals surface area (Å²) in [6.45, 7) is 0. The average molecular weight is 493 g/mol. The van der Waals surface area contributed by atoms with Gasteiger partial charge in [-0.1, -0.05) is 42.2 Å². The number of hydrogen-bond donors (Lipinski definition) is 0. The Balaban J connectivity index is 1.59. The Morgan fingerprint density at radius 2 is 1.82 bits per heavy atom. The van der Waals surface area contributed by atoms with Crippen LogP contribution in [0.4, 0.5) is 18.9 Å². The number of rotatable bonds is 4. The topological polar surface area (TPSA) is 66.9 Å². The second-order valence-electron chi connectivity index (χ2n) is 7.16. The van der Waals surface area contributed by atoms with Crippen molar-refractivity contribution in [2.75, 3.05) is 12.0 Å². The van der Waals surface area contributed by atoms with Crippen molar-refractivity contribution in [3.05, 3.63) is 64.6 Å². The Bertz CT molecular complexity index is 1190. The number of thioether (sulfide) groups is 1. The molecule has 2 aliphatic heterocycles. The van der Waals surface area contributed by atoms with Gasteiger partial charge in [-0.3, -0.25) is 19.3 Å². The number of methoxy groups -OCH3 is 1. The molecule has 2 aliphatic rings. The molecule has 3 amide bonds. The summed E-state index contributed by atoms with van der Waals surface area (Å²) in [4.78, 5) is 40.6. The third-order valence-corrected chi connectivity index (χ3v) is 6.43. The van der Waals surface area contributed by atoms with Gasteiger partial charge in [-0.15, -0.1) is 0 Å². The number of nitrogens with zero attached hydrogens (tertiary/aromatic N) is 2. The summed E-state index contributed by atoms with van der Waals surface area (Å²) in [5.74, 6) is -1.42. The van der Waals surface area contributed by atoms with Crippen LogP contribution >= 0.6 is 24.0 Å². The fraction of sp³-hybridized carbons (Fsp3) is 0.182. The van der Waals surface area contributed by atoms with E-state index in [1.165, 1.54) is 13.2 Å². The first-order valence-corrected chi connectivity index (χ1v) is 10.8. The first-order valence-electron chi connectivity index (χ1n) is 9.55. The second-order valence-corrected chi connectivity index (χ2v) is 8.84. The predicted molar refractivity (Wildman–Crippen MR) is 120 cm³/mol. The number of imide groups is 1. The molecule has 0 saturated carbocycles. The Kier molecular flexibility index (Phi) is 6.02. The summed E-state index contributed by atoms with van der Waals surface area (Å²) in [6, 6.07) is 9.63. The van der Waals surface area contributed by atoms with Gasteiger partial charge in [0.05, 0.1) is 29.7 Å². The fourth-order valence-electron chi connectivity index (χ4n) is 3.51. The first-order chi connectivity index (χ1) is 15.6. The maximum Gasteiger partial charge on any atom is 0.416 e. The molecule has 0 N–H and O–H groups in total. The van der Waals surface area contributed by atoms with Gasteiger partial charge in [-0.05, 0) is 42.0 Å². The van der Waals surface area contributed by atoms with E-state index in [0.717, 1.165) is 34.9 Å². The molecule has 0 aromatic heterocycles. The molecule has 0 bridgehead atoms. The van der Waals surface area contributed by atoms with Gasteiger partial charge >= 0.3 is 6.18 Å². The Morgan fingerprint density at radius 1 is 1.12 bits per heavy atom. The van der Waals surface area contributed by atoms with Crippen molar-refractivity contribution in [1.82, 2.24) is 4.90 Å². The quantitative estimate of drug-likeness (QED) is 0.361. The molecule has 2 aromatic carbocycles. The number of hydrogen-bond acceptors (Lipinski definition) is 6. The predicted octanol–water partition coefficient (Wildman–Crippen LogP) is 4.25. The lowest BCUT2D eigenvalue weighted by molar-refractivity contribution is -0.137. The molecule has 2 fully saturated rings. The zero-order chi connectivity index (χ0) is 23.9. The molecule has 2 heterocycles. The highest BCUT2D eigenvalue weighted by atomic mass is 32.2. The third kappa shape index (κ3) is 4.38. The SMILES string of the molecule is COc1ccc(/C=C2\SC(=S)N([C@@H]3CC(=O)N(c4cccc(C(F)(F)F)c4)C3=O)C2=O)cc1. The van der Waals surface area contributed by atoms with Crippen LogP contribution in [0.25, 0.3) is 6.08 Å². The lowest BCUT2D eigenvalue weighted by atomic mass is 10.1. The smallest absolute Gasteiger partial charge is 0.416 e. The van der Waals surface area contributed by atoms with Gasteiger partial charge in [0.15, 0.2) is 0 Å². The lowest BCUT2D eigenvalue weighted by Gasteiger charge is -2.21. The number of halogens is 3. The van der Waals surface area contributed by atoms with Gasteiger partial charge in [0.1, 0.15) is 16.1 Å². The molecule has 2 aromatic rings.